The zero-order valence-electron chi connectivity index (χ0n) is 19.8. The Morgan fingerprint density at radius 2 is 1.32 bits per heavy atom. The van der Waals surface area contributed by atoms with Crippen molar-refractivity contribution in [3.63, 3.8) is 0 Å². The number of hydrogen-bond acceptors (Lipinski definition) is 7. The molecular formula is C26H29BrO7. The van der Waals surface area contributed by atoms with Gasteiger partial charge in [-0.05, 0) is 42.3 Å². The second-order valence-electron chi connectivity index (χ2n) is 7.44. The number of benzene rings is 3. The van der Waals surface area contributed by atoms with E-state index in [-0.39, 0.29) is 0 Å². The van der Waals surface area contributed by atoms with E-state index in [1.165, 1.54) is 21.3 Å². The van der Waals surface area contributed by atoms with Crippen LogP contribution in [-0.4, -0.2) is 39.6 Å². The zero-order chi connectivity index (χ0) is 24.7. The van der Waals surface area contributed by atoms with Crippen LogP contribution in [-0.2, 0) is 6.61 Å². The van der Waals surface area contributed by atoms with Crippen molar-refractivity contribution < 1.29 is 33.5 Å². The van der Waals surface area contributed by atoms with Crippen molar-refractivity contribution in [2.45, 2.75) is 25.7 Å². The maximum absolute atomic E-state index is 11.1. The molecule has 0 saturated carbocycles. The van der Waals surface area contributed by atoms with E-state index >= 15 is 0 Å². The Balaban J connectivity index is 1.89. The Labute approximate surface area is 208 Å². The summed E-state index contributed by atoms with van der Waals surface area (Å²) < 4.78 is 34.8. The normalized spacial score (nSPS) is 12.4. The Morgan fingerprint density at radius 3 is 1.88 bits per heavy atom. The summed E-state index contributed by atoms with van der Waals surface area (Å²) in [5.41, 5.74) is 1.56. The summed E-state index contributed by atoms with van der Waals surface area (Å²) in [6.07, 6.45) is -1.68. The second-order valence-corrected chi connectivity index (χ2v) is 8.35. The molecule has 3 aromatic carbocycles. The molecule has 182 valence electrons. The van der Waals surface area contributed by atoms with Crippen LogP contribution < -0.4 is 28.4 Å². The van der Waals surface area contributed by atoms with Crippen LogP contribution in [0.5, 0.6) is 34.5 Å². The third-order valence-electron chi connectivity index (χ3n) is 5.22. The molecule has 0 saturated heterocycles. The van der Waals surface area contributed by atoms with Crippen LogP contribution in [0.4, 0.5) is 0 Å². The first kappa shape index (κ1) is 25.5. The summed E-state index contributed by atoms with van der Waals surface area (Å²) in [4.78, 5) is 0. The minimum absolute atomic E-state index is 0.348. The third kappa shape index (κ3) is 5.87. The fraction of sp³-hybridized carbons (Fsp3) is 0.308. The lowest BCUT2D eigenvalue weighted by molar-refractivity contribution is 0.0425. The van der Waals surface area contributed by atoms with Crippen molar-refractivity contribution in [2.75, 3.05) is 28.4 Å². The maximum Gasteiger partial charge on any atom is 0.204 e. The average molecular weight is 533 g/mol. The van der Waals surface area contributed by atoms with Crippen LogP contribution in [0.1, 0.15) is 24.2 Å². The maximum atomic E-state index is 11.1. The first-order valence-electron chi connectivity index (χ1n) is 10.6. The molecule has 8 heteroatoms. The van der Waals surface area contributed by atoms with Crippen molar-refractivity contribution in [3.05, 3.63) is 70.2 Å². The number of methoxy groups -OCH3 is 4. The van der Waals surface area contributed by atoms with Gasteiger partial charge in [0.15, 0.2) is 23.0 Å². The standard InChI is InChI=1S/C26H29BrO7/c1-16(24(28)18-11-20(29-2)25(32-5)21(12-18)30-3)34-26-22(31-4)13-19(27)14-23(26)33-15-17-9-7-6-8-10-17/h6-14,16,24,28H,15H2,1-5H3/t16-,24+/m1/s1. The van der Waals surface area contributed by atoms with Gasteiger partial charge < -0.3 is 33.5 Å². The van der Waals surface area contributed by atoms with E-state index in [1.807, 2.05) is 30.3 Å². The summed E-state index contributed by atoms with van der Waals surface area (Å²) in [5, 5.41) is 11.1. The molecule has 3 rings (SSSR count). The molecule has 0 heterocycles. The van der Waals surface area contributed by atoms with E-state index in [1.54, 1.807) is 38.3 Å². The van der Waals surface area contributed by atoms with Gasteiger partial charge in [-0.15, -0.1) is 0 Å². The van der Waals surface area contributed by atoms with Gasteiger partial charge >= 0.3 is 0 Å². The fourth-order valence-corrected chi connectivity index (χ4v) is 3.86. The minimum Gasteiger partial charge on any atom is -0.493 e. The number of rotatable bonds is 11. The number of hydrogen-bond donors (Lipinski definition) is 1. The Hall–Kier alpha value is -3.10. The summed E-state index contributed by atoms with van der Waals surface area (Å²) in [6, 6.07) is 16.8. The molecule has 2 atom stereocenters. The summed E-state index contributed by atoms with van der Waals surface area (Å²) in [7, 11) is 6.13. The molecule has 0 fully saturated rings. The first-order chi connectivity index (χ1) is 16.4. The van der Waals surface area contributed by atoms with E-state index in [2.05, 4.69) is 15.9 Å². The van der Waals surface area contributed by atoms with Gasteiger partial charge in [0.25, 0.3) is 0 Å². The van der Waals surface area contributed by atoms with Gasteiger partial charge in [0.2, 0.25) is 11.5 Å². The molecule has 0 aliphatic rings. The molecule has 34 heavy (non-hydrogen) atoms. The number of halogens is 1. The Bertz CT molecular complexity index is 1060. The predicted octanol–water partition coefficient (Wildman–Crippen LogP) is 5.56. The molecule has 0 aromatic heterocycles. The summed E-state index contributed by atoms with van der Waals surface area (Å²) in [5.74, 6) is 2.68. The summed E-state index contributed by atoms with van der Waals surface area (Å²) >= 11 is 3.49. The van der Waals surface area contributed by atoms with Gasteiger partial charge in [-0.2, -0.15) is 0 Å². The van der Waals surface area contributed by atoms with Crippen LogP contribution in [0.3, 0.4) is 0 Å². The van der Waals surface area contributed by atoms with Gasteiger partial charge in [0, 0.05) is 4.47 Å². The minimum atomic E-state index is -1.01. The van der Waals surface area contributed by atoms with Crippen molar-refractivity contribution in [2.24, 2.45) is 0 Å². The Morgan fingerprint density at radius 1 is 0.765 bits per heavy atom. The molecule has 1 N–H and O–H groups in total. The molecular weight excluding hydrogens is 504 g/mol. The van der Waals surface area contributed by atoms with Crippen molar-refractivity contribution in [1.82, 2.24) is 0 Å². The quantitative estimate of drug-likeness (QED) is 0.346. The van der Waals surface area contributed by atoms with Gasteiger partial charge in [-0.25, -0.2) is 0 Å². The topological polar surface area (TPSA) is 75.6 Å². The van der Waals surface area contributed by atoms with E-state index in [0.29, 0.717) is 46.7 Å². The van der Waals surface area contributed by atoms with Crippen LogP contribution >= 0.6 is 15.9 Å². The predicted molar refractivity (Wildman–Crippen MR) is 133 cm³/mol. The molecule has 3 aromatic rings. The smallest absolute Gasteiger partial charge is 0.204 e. The lowest BCUT2D eigenvalue weighted by Gasteiger charge is -2.25. The van der Waals surface area contributed by atoms with Crippen LogP contribution in [0.25, 0.3) is 0 Å². The highest BCUT2D eigenvalue weighted by Crippen LogP contribution is 2.44. The molecule has 7 nitrogen and oxygen atoms in total. The molecule has 0 amide bonds. The van der Waals surface area contributed by atoms with E-state index in [9.17, 15) is 5.11 Å². The monoisotopic (exact) mass is 532 g/mol. The van der Waals surface area contributed by atoms with Gasteiger partial charge in [-0.1, -0.05) is 46.3 Å². The van der Waals surface area contributed by atoms with Gasteiger partial charge in [0.05, 0.1) is 28.4 Å². The van der Waals surface area contributed by atoms with Gasteiger partial charge in [0.1, 0.15) is 18.8 Å². The van der Waals surface area contributed by atoms with Crippen molar-refractivity contribution >= 4 is 15.9 Å². The fourth-order valence-electron chi connectivity index (χ4n) is 3.45. The second kappa shape index (κ2) is 11.9. The summed E-state index contributed by atoms with van der Waals surface area (Å²) in [6.45, 7) is 2.11. The Kier molecular flexibility index (Phi) is 8.90. The zero-order valence-corrected chi connectivity index (χ0v) is 21.4. The lowest BCUT2D eigenvalue weighted by atomic mass is 10.0. The van der Waals surface area contributed by atoms with Crippen molar-refractivity contribution in [1.29, 1.82) is 0 Å². The largest absolute Gasteiger partial charge is 0.493 e. The molecule has 0 bridgehead atoms. The van der Waals surface area contributed by atoms with Crippen LogP contribution in [0.2, 0.25) is 0 Å². The van der Waals surface area contributed by atoms with Gasteiger partial charge in [-0.3, -0.25) is 0 Å². The van der Waals surface area contributed by atoms with E-state index in [4.69, 9.17) is 28.4 Å². The van der Waals surface area contributed by atoms with Crippen molar-refractivity contribution in [3.8, 4) is 34.5 Å². The highest BCUT2D eigenvalue weighted by Gasteiger charge is 2.25. The SMILES string of the molecule is COc1cc([C@@H](O)[C@@H](C)Oc2c(OC)cc(Br)cc2OCc2ccccc2)cc(OC)c1OC. The molecule has 0 aliphatic carbocycles. The number of aliphatic hydroxyl groups is 1. The third-order valence-corrected chi connectivity index (χ3v) is 5.68. The molecule has 0 unspecified atom stereocenters. The molecule has 0 radical (unpaired) electrons. The first-order valence-corrected chi connectivity index (χ1v) is 11.4. The lowest BCUT2D eigenvalue weighted by Crippen LogP contribution is -2.22. The highest BCUT2D eigenvalue weighted by molar-refractivity contribution is 9.10. The van der Waals surface area contributed by atoms with E-state index < -0.39 is 12.2 Å². The average Bonchev–Trinajstić information content (AvgIpc) is 2.87. The molecule has 0 spiro atoms. The van der Waals surface area contributed by atoms with Crippen LogP contribution in [0.15, 0.2) is 59.1 Å². The number of ether oxygens (including phenoxy) is 6. The van der Waals surface area contributed by atoms with Crippen LogP contribution in [0, 0.1) is 0 Å². The van der Waals surface area contributed by atoms with E-state index in [0.717, 1.165) is 10.0 Å². The molecule has 0 aliphatic heterocycles. The number of aliphatic hydroxyl groups excluding tert-OH is 1. The highest BCUT2D eigenvalue weighted by atomic mass is 79.9.